The van der Waals surface area contributed by atoms with E-state index in [4.69, 9.17) is 11.6 Å². The van der Waals surface area contributed by atoms with Gasteiger partial charge in [-0.3, -0.25) is 14.6 Å². The van der Waals surface area contributed by atoms with Crippen LogP contribution in [0, 0.1) is 0 Å². The molecule has 5 heteroatoms. The Morgan fingerprint density at radius 2 is 2.10 bits per heavy atom. The average molecular weight is 293 g/mol. The molecule has 1 aliphatic heterocycles. The van der Waals surface area contributed by atoms with Crippen LogP contribution < -0.4 is 0 Å². The maximum absolute atomic E-state index is 12.2. The fourth-order valence-corrected chi connectivity index (χ4v) is 2.55. The fraction of sp³-hybridized carbons (Fsp3) is 0.400. The van der Waals surface area contributed by atoms with Crippen LogP contribution in [0.5, 0.6) is 0 Å². The van der Waals surface area contributed by atoms with Crippen molar-refractivity contribution in [2.24, 2.45) is 4.99 Å². The minimum absolute atomic E-state index is 0.0455. The van der Waals surface area contributed by atoms with Gasteiger partial charge in [0.2, 0.25) is 11.6 Å². The van der Waals surface area contributed by atoms with E-state index in [1.165, 1.54) is 0 Å². The molecule has 0 bridgehead atoms. The van der Waals surface area contributed by atoms with Crippen LogP contribution in [-0.2, 0) is 4.79 Å². The van der Waals surface area contributed by atoms with E-state index in [0.29, 0.717) is 17.0 Å². The van der Waals surface area contributed by atoms with E-state index >= 15 is 0 Å². The number of aliphatic imine (C=N–C) groups is 1. The van der Waals surface area contributed by atoms with Crippen LogP contribution >= 0.6 is 11.6 Å². The number of hydrogen-bond acceptors (Lipinski definition) is 4. The minimum Gasteiger partial charge on any atom is -0.357 e. The van der Waals surface area contributed by atoms with E-state index < -0.39 is 11.6 Å². The van der Waals surface area contributed by atoms with Crippen LogP contribution in [-0.4, -0.2) is 35.9 Å². The van der Waals surface area contributed by atoms with Gasteiger partial charge in [0.15, 0.2) is 0 Å². The van der Waals surface area contributed by atoms with Crippen LogP contribution in [0.3, 0.4) is 0 Å². The molecule has 1 heterocycles. The van der Waals surface area contributed by atoms with Gasteiger partial charge in [0.05, 0.1) is 11.9 Å². The molecule has 106 valence electrons. The lowest BCUT2D eigenvalue weighted by atomic mass is 9.96. The highest BCUT2D eigenvalue weighted by Crippen LogP contribution is 2.27. The van der Waals surface area contributed by atoms with Gasteiger partial charge in [0.1, 0.15) is 6.54 Å². The molecular weight excluding hydrogens is 276 g/mol. The normalized spacial score (nSPS) is 19.9. The molecule has 1 atom stereocenters. The van der Waals surface area contributed by atoms with Gasteiger partial charge in [-0.2, -0.15) is 0 Å². The maximum atomic E-state index is 12.2. The summed E-state index contributed by atoms with van der Waals surface area (Å²) in [6, 6.07) is 5.07. The molecule has 1 aromatic rings. The smallest absolute Gasteiger partial charge is 0.230 e. The van der Waals surface area contributed by atoms with Crippen LogP contribution in [0.2, 0.25) is 5.02 Å². The van der Waals surface area contributed by atoms with Crippen molar-refractivity contribution < 1.29 is 9.59 Å². The van der Waals surface area contributed by atoms with Crippen molar-refractivity contribution in [3.8, 4) is 0 Å². The Morgan fingerprint density at radius 3 is 2.75 bits per heavy atom. The van der Waals surface area contributed by atoms with Crippen molar-refractivity contribution >= 4 is 29.0 Å². The summed E-state index contributed by atoms with van der Waals surface area (Å²) < 4.78 is 0. The fourth-order valence-electron chi connectivity index (χ4n) is 2.38. The molecule has 0 amide bonds. The number of benzene rings is 1. The summed E-state index contributed by atoms with van der Waals surface area (Å²) in [7, 11) is 1.92. The molecule has 1 aliphatic rings. The second-order valence-corrected chi connectivity index (χ2v) is 5.29. The predicted molar refractivity (Wildman–Crippen MR) is 79.6 cm³/mol. The summed E-state index contributed by atoms with van der Waals surface area (Å²) in [5, 5.41) is 0.454. The first-order valence-electron chi connectivity index (χ1n) is 6.58. The van der Waals surface area contributed by atoms with E-state index in [9.17, 15) is 9.59 Å². The molecule has 0 aliphatic carbocycles. The predicted octanol–water partition coefficient (Wildman–Crippen LogP) is 2.91. The molecule has 1 unspecified atom stereocenters. The SMILES string of the molecule is CCC1=NCC(=O)C(=O)c2cc(Cl)ccc2C(C)N1C. The number of nitrogens with zero attached hydrogens (tertiary/aromatic N) is 2. The molecule has 20 heavy (non-hydrogen) atoms. The lowest BCUT2D eigenvalue weighted by Gasteiger charge is -2.28. The third-order valence-electron chi connectivity index (χ3n) is 3.67. The van der Waals surface area contributed by atoms with Gasteiger partial charge in [-0.15, -0.1) is 0 Å². The number of carbonyl (C=O) groups is 2. The Hall–Kier alpha value is -1.68. The third kappa shape index (κ3) is 2.61. The van der Waals surface area contributed by atoms with E-state index in [1.807, 2.05) is 31.9 Å². The molecular formula is C15H17ClN2O2. The number of carbonyl (C=O) groups excluding carboxylic acids is 2. The summed E-state index contributed by atoms with van der Waals surface area (Å²) >= 11 is 5.96. The van der Waals surface area contributed by atoms with Crippen LogP contribution in [0.4, 0.5) is 0 Å². The van der Waals surface area contributed by atoms with Gasteiger partial charge >= 0.3 is 0 Å². The number of ketones is 2. The molecule has 0 aromatic heterocycles. The second kappa shape index (κ2) is 5.75. The Labute approximate surface area is 123 Å². The first kappa shape index (κ1) is 14.7. The molecule has 0 N–H and O–H groups in total. The van der Waals surface area contributed by atoms with Gasteiger partial charge in [0, 0.05) is 24.1 Å². The van der Waals surface area contributed by atoms with Gasteiger partial charge in [-0.05, 0) is 24.6 Å². The van der Waals surface area contributed by atoms with E-state index in [1.54, 1.807) is 12.1 Å². The maximum Gasteiger partial charge on any atom is 0.230 e. The number of hydrogen-bond donors (Lipinski definition) is 0. The van der Waals surface area contributed by atoms with Crippen molar-refractivity contribution in [2.75, 3.05) is 13.6 Å². The Morgan fingerprint density at radius 1 is 1.40 bits per heavy atom. The Balaban J connectivity index is 2.61. The van der Waals surface area contributed by atoms with Crippen molar-refractivity contribution in [1.29, 1.82) is 0 Å². The zero-order chi connectivity index (χ0) is 14.9. The van der Waals surface area contributed by atoms with Crippen molar-refractivity contribution in [2.45, 2.75) is 26.3 Å². The summed E-state index contributed by atoms with van der Waals surface area (Å²) in [5.41, 5.74) is 1.19. The Kier molecular flexibility index (Phi) is 4.23. The quantitative estimate of drug-likeness (QED) is 0.748. The molecule has 1 aromatic carbocycles. The van der Waals surface area contributed by atoms with E-state index in [-0.39, 0.29) is 12.6 Å². The molecule has 0 saturated heterocycles. The average Bonchev–Trinajstić information content (AvgIpc) is 2.47. The van der Waals surface area contributed by atoms with Crippen molar-refractivity contribution in [3.05, 3.63) is 34.3 Å². The third-order valence-corrected chi connectivity index (χ3v) is 3.91. The van der Waals surface area contributed by atoms with Gasteiger partial charge in [0.25, 0.3) is 0 Å². The summed E-state index contributed by atoms with van der Waals surface area (Å²) in [5.74, 6) is -0.188. The number of Topliss-reactive ketones (excluding diaryl/α,β-unsaturated/α-hetero) is 2. The van der Waals surface area contributed by atoms with Gasteiger partial charge in [-0.25, -0.2) is 0 Å². The summed E-state index contributed by atoms with van der Waals surface area (Å²) in [6.07, 6.45) is 0.714. The summed E-state index contributed by atoms with van der Waals surface area (Å²) in [4.78, 5) is 30.5. The number of fused-ring (bicyclic) bond motifs is 1. The van der Waals surface area contributed by atoms with Gasteiger partial charge < -0.3 is 4.90 Å². The number of rotatable bonds is 1. The number of halogens is 1. The standard InChI is InChI=1S/C15H17ClN2O2/c1-4-14-17-8-13(19)15(20)12-7-10(16)5-6-11(12)9(2)18(14)3/h5-7,9H,4,8H2,1-3H3. The van der Waals surface area contributed by atoms with E-state index in [0.717, 1.165) is 11.4 Å². The van der Waals surface area contributed by atoms with Crippen LogP contribution in [0.15, 0.2) is 23.2 Å². The lowest BCUT2D eigenvalue weighted by Crippen LogP contribution is -2.29. The highest BCUT2D eigenvalue weighted by molar-refractivity contribution is 6.45. The highest BCUT2D eigenvalue weighted by Gasteiger charge is 2.26. The first-order chi connectivity index (χ1) is 9.45. The number of amidine groups is 1. The highest BCUT2D eigenvalue weighted by atomic mass is 35.5. The summed E-state index contributed by atoms with van der Waals surface area (Å²) in [6.45, 7) is 3.86. The molecule has 4 nitrogen and oxygen atoms in total. The van der Waals surface area contributed by atoms with Crippen molar-refractivity contribution in [3.63, 3.8) is 0 Å². The minimum atomic E-state index is -0.510. The zero-order valence-electron chi connectivity index (χ0n) is 11.8. The zero-order valence-corrected chi connectivity index (χ0v) is 12.6. The molecule has 0 fully saturated rings. The largest absolute Gasteiger partial charge is 0.357 e. The van der Waals surface area contributed by atoms with Crippen LogP contribution in [0.25, 0.3) is 0 Å². The molecule has 0 radical (unpaired) electrons. The van der Waals surface area contributed by atoms with Gasteiger partial charge in [-0.1, -0.05) is 24.6 Å². The van der Waals surface area contributed by atoms with Crippen molar-refractivity contribution in [1.82, 2.24) is 4.90 Å². The van der Waals surface area contributed by atoms with Crippen LogP contribution in [0.1, 0.15) is 42.2 Å². The second-order valence-electron chi connectivity index (χ2n) is 4.86. The molecule has 0 spiro atoms. The molecule has 0 saturated carbocycles. The monoisotopic (exact) mass is 292 g/mol. The van der Waals surface area contributed by atoms with E-state index in [2.05, 4.69) is 4.99 Å². The molecule has 2 rings (SSSR count). The lowest BCUT2D eigenvalue weighted by molar-refractivity contribution is -0.113. The topological polar surface area (TPSA) is 49.7 Å². The Bertz CT molecular complexity index is 596. The first-order valence-corrected chi connectivity index (χ1v) is 6.96.